The maximum absolute atomic E-state index is 12.4. The van der Waals surface area contributed by atoms with E-state index in [9.17, 15) is 25.2 Å². The first-order chi connectivity index (χ1) is 11.8. The van der Waals surface area contributed by atoms with E-state index in [4.69, 9.17) is 0 Å². The minimum atomic E-state index is -0.261. The number of phenolic OH excluding ortho intramolecular Hbond substituents is 4. The highest BCUT2D eigenvalue weighted by Crippen LogP contribution is 2.30. The van der Waals surface area contributed by atoms with Gasteiger partial charge in [-0.3, -0.25) is 4.79 Å². The Morgan fingerprint density at radius 3 is 2.28 bits per heavy atom. The predicted molar refractivity (Wildman–Crippen MR) is 95.3 cm³/mol. The van der Waals surface area contributed by atoms with E-state index in [0.29, 0.717) is 24.0 Å². The highest BCUT2D eigenvalue weighted by Gasteiger charge is 2.15. The van der Waals surface area contributed by atoms with Crippen LogP contribution in [0.25, 0.3) is 0 Å². The van der Waals surface area contributed by atoms with E-state index in [1.807, 2.05) is 19.9 Å². The van der Waals surface area contributed by atoms with Gasteiger partial charge in [0.25, 0.3) is 0 Å². The average Bonchev–Trinajstić information content (AvgIpc) is 2.54. The Labute approximate surface area is 146 Å². The topological polar surface area (TPSA) is 98.0 Å². The number of ketones is 1. The van der Waals surface area contributed by atoms with Crippen LogP contribution in [-0.4, -0.2) is 26.2 Å². The summed E-state index contributed by atoms with van der Waals surface area (Å²) in [4.78, 5) is 12.4. The summed E-state index contributed by atoms with van der Waals surface area (Å²) in [5.74, 6) is -1.01. The van der Waals surface area contributed by atoms with E-state index in [1.165, 1.54) is 24.3 Å². The lowest BCUT2D eigenvalue weighted by atomic mass is 9.98. The van der Waals surface area contributed by atoms with E-state index >= 15 is 0 Å². The van der Waals surface area contributed by atoms with Crippen LogP contribution in [0.1, 0.15) is 41.8 Å². The number of rotatable bonds is 6. The number of hydrogen-bond donors (Lipinski definition) is 4. The number of phenols is 4. The van der Waals surface area contributed by atoms with Crippen LogP contribution >= 0.6 is 0 Å². The summed E-state index contributed by atoms with van der Waals surface area (Å²) in [7, 11) is 0. The van der Waals surface area contributed by atoms with Crippen LogP contribution in [0, 0.1) is 0 Å². The molecule has 0 heterocycles. The fourth-order valence-corrected chi connectivity index (χ4v) is 2.44. The fourth-order valence-electron chi connectivity index (χ4n) is 2.44. The van der Waals surface area contributed by atoms with Crippen molar-refractivity contribution in [1.82, 2.24) is 0 Å². The molecule has 0 aliphatic heterocycles. The predicted octanol–water partition coefficient (Wildman–Crippen LogP) is 3.83. The van der Waals surface area contributed by atoms with Gasteiger partial charge in [-0.15, -0.1) is 0 Å². The molecule has 0 saturated carbocycles. The van der Waals surface area contributed by atoms with E-state index in [0.717, 1.165) is 5.57 Å². The highest BCUT2D eigenvalue weighted by atomic mass is 16.3. The number of aryl methyl sites for hydroxylation is 1. The number of carbonyl (C=O) groups is 1. The molecule has 0 atom stereocenters. The van der Waals surface area contributed by atoms with Gasteiger partial charge in [0.1, 0.15) is 11.5 Å². The lowest BCUT2D eigenvalue weighted by Crippen LogP contribution is -2.03. The highest BCUT2D eigenvalue weighted by molar-refractivity contribution is 5.99. The molecule has 2 aromatic rings. The van der Waals surface area contributed by atoms with Gasteiger partial charge in [-0.1, -0.05) is 17.7 Å². The smallest absolute Gasteiger partial charge is 0.166 e. The largest absolute Gasteiger partial charge is 0.508 e. The molecule has 0 radical (unpaired) electrons. The third-order valence-corrected chi connectivity index (χ3v) is 3.91. The molecule has 4 N–H and O–H groups in total. The molecular formula is C20H22O5. The van der Waals surface area contributed by atoms with Crippen molar-refractivity contribution in [3.05, 3.63) is 58.7 Å². The van der Waals surface area contributed by atoms with Gasteiger partial charge in [0, 0.05) is 12.5 Å². The van der Waals surface area contributed by atoms with Crippen molar-refractivity contribution in [2.75, 3.05) is 0 Å². The molecule has 0 fully saturated rings. The molecule has 0 amide bonds. The van der Waals surface area contributed by atoms with E-state index in [-0.39, 0.29) is 40.8 Å². The van der Waals surface area contributed by atoms with Gasteiger partial charge >= 0.3 is 0 Å². The summed E-state index contributed by atoms with van der Waals surface area (Å²) < 4.78 is 0. The Balaban J connectivity index is 2.16. The number of Topliss-reactive ketones (excluding diaryl/α,β-unsaturated/α-hetero) is 1. The first-order valence-corrected chi connectivity index (χ1v) is 8.00. The number of aromatic hydroxyl groups is 4. The lowest BCUT2D eigenvalue weighted by Gasteiger charge is -2.09. The average molecular weight is 342 g/mol. The monoisotopic (exact) mass is 342 g/mol. The van der Waals surface area contributed by atoms with Crippen molar-refractivity contribution in [2.45, 2.75) is 33.1 Å². The molecule has 0 saturated heterocycles. The first-order valence-electron chi connectivity index (χ1n) is 8.00. The molecule has 0 aliphatic carbocycles. The van der Waals surface area contributed by atoms with Gasteiger partial charge in [-0.2, -0.15) is 0 Å². The molecular weight excluding hydrogens is 320 g/mol. The van der Waals surface area contributed by atoms with Gasteiger partial charge < -0.3 is 20.4 Å². The zero-order valence-electron chi connectivity index (χ0n) is 14.3. The summed E-state index contributed by atoms with van der Waals surface area (Å²) in [6.45, 7) is 3.88. The summed E-state index contributed by atoms with van der Waals surface area (Å²) >= 11 is 0. The molecule has 0 bridgehead atoms. The second kappa shape index (κ2) is 7.75. The van der Waals surface area contributed by atoms with E-state index in [2.05, 4.69) is 0 Å². The summed E-state index contributed by atoms with van der Waals surface area (Å²) in [5.41, 5.74) is 2.53. The molecule has 25 heavy (non-hydrogen) atoms. The van der Waals surface area contributed by atoms with Crippen molar-refractivity contribution in [1.29, 1.82) is 0 Å². The molecule has 0 unspecified atom stereocenters. The minimum absolute atomic E-state index is 0.0463. The third kappa shape index (κ3) is 4.76. The van der Waals surface area contributed by atoms with Gasteiger partial charge in [0.05, 0.1) is 5.56 Å². The molecule has 0 spiro atoms. The zero-order chi connectivity index (χ0) is 18.6. The summed E-state index contributed by atoms with van der Waals surface area (Å²) in [5, 5.41) is 38.7. The summed E-state index contributed by atoms with van der Waals surface area (Å²) in [6, 6.07) is 7.10. The number of hydrogen-bond acceptors (Lipinski definition) is 5. The SMILES string of the molecule is CC(C)=CCc1cc(C(=O)CCc2ccc(O)c(O)c2)c(O)cc1O. The second-order valence-electron chi connectivity index (χ2n) is 6.23. The Morgan fingerprint density at radius 2 is 1.64 bits per heavy atom. The van der Waals surface area contributed by atoms with E-state index in [1.54, 1.807) is 6.07 Å². The van der Waals surface area contributed by atoms with E-state index < -0.39 is 0 Å². The Hall–Kier alpha value is -2.95. The first kappa shape index (κ1) is 18.4. The maximum Gasteiger partial charge on any atom is 0.166 e. The molecule has 5 nitrogen and oxygen atoms in total. The van der Waals surface area contributed by atoms with Crippen LogP contribution in [0.5, 0.6) is 23.0 Å². The normalized spacial score (nSPS) is 10.5. The van der Waals surface area contributed by atoms with Gasteiger partial charge in [-0.25, -0.2) is 0 Å². The zero-order valence-corrected chi connectivity index (χ0v) is 14.3. The van der Waals surface area contributed by atoms with Crippen LogP contribution in [0.3, 0.4) is 0 Å². The van der Waals surface area contributed by atoms with Crippen molar-refractivity contribution >= 4 is 5.78 Å². The quantitative estimate of drug-likeness (QED) is 0.363. The minimum Gasteiger partial charge on any atom is -0.508 e. The fraction of sp³-hybridized carbons (Fsp3) is 0.250. The second-order valence-corrected chi connectivity index (χ2v) is 6.23. The summed E-state index contributed by atoms with van der Waals surface area (Å²) in [6.07, 6.45) is 2.89. The Bertz CT molecular complexity index is 817. The molecule has 132 valence electrons. The van der Waals surface area contributed by atoms with Crippen LogP contribution < -0.4 is 0 Å². The molecule has 5 heteroatoms. The van der Waals surface area contributed by atoms with Gasteiger partial charge in [0.2, 0.25) is 0 Å². The van der Waals surface area contributed by atoms with Crippen LogP contribution in [-0.2, 0) is 12.8 Å². The Morgan fingerprint density at radius 1 is 0.920 bits per heavy atom. The third-order valence-electron chi connectivity index (χ3n) is 3.91. The van der Waals surface area contributed by atoms with Crippen LogP contribution in [0.15, 0.2) is 42.0 Å². The van der Waals surface area contributed by atoms with Crippen molar-refractivity contribution in [2.24, 2.45) is 0 Å². The number of benzene rings is 2. The van der Waals surface area contributed by atoms with Crippen molar-refractivity contribution < 1.29 is 25.2 Å². The lowest BCUT2D eigenvalue weighted by molar-refractivity contribution is 0.0980. The van der Waals surface area contributed by atoms with Crippen LogP contribution in [0.4, 0.5) is 0 Å². The maximum atomic E-state index is 12.4. The van der Waals surface area contributed by atoms with Gasteiger partial charge in [0.15, 0.2) is 17.3 Å². The molecule has 0 aliphatic rings. The molecule has 0 aromatic heterocycles. The van der Waals surface area contributed by atoms with Crippen molar-refractivity contribution in [3.63, 3.8) is 0 Å². The van der Waals surface area contributed by atoms with Crippen LogP contribution in [0.2, 0.25) is 0 Å². The molecule has 2 rings (SSSR count). The number of allylic oxidation sites excluding steroid dienone is 2. The van der Waals surface area contributed by atoms with Crippen molar-refractivity contribution in [3.8, 4) is 23.0 Å². The standard InChI is InChI=1S/C20H22O5/c1-12(2)3-6-14-10-15(19(24)11-18(14)23)16(21)7-4-13-5-8-17(22)20(25)9-13/h3,5,8-11,22-25H,4,6-7H2,1-2H3. The Kier molecular flexibility index (Phi) is 5.70. The number of carbonyl (C=O) groups excluding carboxylic acids is 1. The van der Waals surface area contributed by atoms with Gasteiger partial charge in [-0.05, 0) is 56.0 Å². The molecule has 2 aromatic carbocycles.